The highest BCUT2D eigenvalue weighted by Crippen LogP contribution is 2.07. The molecule has 1 unspecified atom stereocenters. The predicted molar refractivity (Wildman–Crippen MR) is 69.6 cm³/mol. The van der Waals surface area contributed by atoms with Crippen LogP contribution in [0.15, 0.2) is 6.20 Å². The van der Waals surface area contributed by atoms with Crippen molar-refractivity contribution in [3.63, 3.8) is 0 Å². The second-order valence-corrected chi connectivity index (χ2v) is 5.58. The number of rotatable bonds is 4. The fourth-order valence-electron chi connectivity index (χ4n) is 1.42. The van der Waals surface area contributed by atoms with Crippen molar-refractivity contribution in [2.24, 2.45) is 0 Å². The van der Waals surface area contributed by atoms with Crippen LogP contribution < -0.4 is 5.32 Å². The number of hydrogen-bond acceptors (Lipinski definition) is 5. The first-order chi connectivity index (χ1) is 8.67. The van der Waals surface area contributed by atoms with E-state index < -0.39 is 23.8 Å². The molecular weight excluding hydrogens is 248 g/mol. The molecule has 0 aliphatic rings. The zero-order chi connectivity index (χ0) is 14.6. The molecule has 2 atom stereocenters. The number of nitrogens with zero attached hydrogens (tertiary/aromatic N) is 3. The zero-order valence-corrected chi connectivity index (χ0v) is 12.0. The second kappa shape index (κ2) is 6.01. The van der Waals surface area contributed by atoms with Crippen molar-refractivity contribution < 1.29 is 14.6 Å². The molecule has 0 saturated heterocycles. The Balaban J connectivity index is 2.44. The van der Waals surface area contributed by atoms with Crippen LogP contribution in [0, 0.1) is 6.92 Å². The van der Waals surface area contributed by atoms with Gasteiger partial charge in [0.1, 0.15) is 5.60 Å². The van der Waals surface area contributed by atoms with Crippen molar-refractivity contribution in [3.05, 3.63) is 11.9 Å². The fraction of sp³-hybridized carbons (Fsp3) is 0.750. The van der Waals surface area contributed by atoms with Gasteiger partial charge in [-0.1, -0.05) is 5.21 Å². The van der Waals surface area contributed by atoms with Crippen molar-refractivity contribution in [2.45, 2.75) is 58.9 Å². The lowest BCUT2D eigenvalue weighted by atomic mass is 10.2. The number of amides is 1. The highest BCUT2D eigenvalue weighted by atomic mass is 16.6. The van der Waals surface area contributed by atoms with Gasteiger partial charge >= 0.3 is 6.09 Å². The SMILES string of the molecule is Cc1cn(CC(O)[C@H](C)NC(=O)OC(C)(C)C)nn1. The lowest BCUT2D eigenvalue weighted by molar-refractivity contribution is 0.0415. The van der Waals surface area contributed by atoms with E-state index in [1.165, 1.54) is 4.68 Å². The molecule has 0 aromatic carbocycles. The van der Waals surface area contributed by atoms with E-state index in [0.717, 1.165) is 5.69 Å². The molecule has 0 spiro atoms. The summed E-state index contributed by atoms with van der Waals surface area (Å²) in [5, 5.41) is 20.2. The van der Waals surface area contributed by atoms with E-state index in [1.807, 2.05) is 6.92 Å². The summed E-state index contributed by atoms with van der Waals surface area (Å²) in [5.74, 6) is 0. The molecule has 1 aromatic heterocycles. The summed E-state index contributed by atoms with van der Waals surface area (Å²) >= 11 is 0. The number of alkyl carbamates (subject to hydrolysis) is 1. The Morgan fingerprint density at radius 3 is 2.68 bits per heavy atom. The first kappa shape index (κ1) is 15.4. The maximum Gasteiger partial charge on any atom is 0.407 e. The smallest absolute Gasteiger partial charge is 0.407 e. The van der Waals surface area contributed by atoms with Gasteiger partial charge in [-0.15, -0.1) is 5.10 Å². The van der Waals surface area contributed by atoms with Crippen molar-refractivity contribution in [1.82, 2.24) is 20.3 Å². The molecule has 1 rings (SSSR count). The van der Waals surface area contributed by atoms with Gasteiger partial charge in [-0.3, -0.25) is 0 Å². The summed E-state index contributed by atoms with van der Waals surface area (Å²) in [6.07, 6.45) is 0.408. The van der Waals surface area contributed by atoms with Gasteiger partial charge in [0.25, 0.3) is 0 Å². The molecule has 0 radical (unpaired) electrons. The molecule has 2 N–H and O–H groups in total. The average Bonchev–Trinajstić information content (AvgIpc) is 2.60. The molecule has 1 heterocycles. The standard InChI is InChI=1S/C12H22N4O3/c1-8-6-16(15-14-8)7-10(17)9(2)13-11(18)19-12(3,4)5/h6,9-10,17H,7H2,1-5H3,(H,13,18)/t9-,10?/m0/s1. The zero-order valence-electron chi connectivity index (χ0n) is 12.0. The number of aliphatic hydroxyl groups excluding tert-OH is 1. The summed E-state index contributed by atoms with van der Waals surface area (Å²) in [7, 11) is 0. The Morgan fingerprint density at radius 2 is 2.21 bits per heavy atom. The molecule has 0 aliphatic heterocycles. The molecule has 7 heteroatoms. The van der Waals surface area contributed by atoms with Crippen molar-refractivity contribution >= 4 is 6.09 Å². The van der Waals surface area contributed by atoms with Gasteiger partial charge in [0.05, 0.1) is 24.4 Å². The Kier molecular flexibility index (Phi) is 4.88. The number of nitrogens with one attached hydrogen (secondary N) is 1. The number of aliphatic hydroxyl groups is 1. The third-order valence-corrected chi connectivity index (χ3v) is 2.35. The van der Waals surface area contributed by atoms with Crippen LogP contribution in [0.5, 0.6) is 0 Å². The molecule has 1 aromatic rings. The van der Waals surface area contributed by atoms with Gasteiger partial charge in [-0.05, 0) is 34.6 Å². The molecule has 0 aliphatic carbocycles. The maximum absolute atomic E-state index is 11.6. The first-order valence-electron chi connectivity index (χ1n) is 6.21. The van der Waals surface area contributed by atoms with E-state index in [0.29, 0.717) is 0 Å². The molecule has 0 bridgehead atoms. The van der Waals surface area contributed by atoms with Gasteiger partial charge in [0.15, 0.2) is 0 Å². The monoisotopic (exact) mass is 270 g/mol. The molecular formula is C12H22N4O3. The topological polar surface area (TPSA) is 89.3 Å². The van der Waals surface area contributed by atoms with Crippen LogP contribution in [-0.2, 0) is 11.3 Å². The van der Waals surface area contributed by atoms with E-state index >= 15 is 0 Å². The molecule has 1 amide bonds. The summed E-state index contributed by atoms with van der Waals surface area (Å²) in [5.41, 5.74) is 0.220. The number of aryl methyl sites for hydroxylation is 1. The lowest BCUT2D eigenvalue weighted by Gasteiger charge is -2.24. The van der Waals surface area contributed by atoms with Crippen LogP contribution in [0.1, 0.15) is 33.4 Å². The summed E-state index contributed by atoms with van der Waals surface area (Å²) in [6.45, 7) is 9.14. The second-order valence-electron chi connectivity index (χ2n) is 5.58. The van der Waals surface area contributed by atoms with E-state index in [1.54, 1.807) is 33.9 Å². The number of aromatic nitrogens is 3. The minimum Gasteiger partial charge on any atom is -0.444 e. The van der Waals surface area contributed by atoms with Gasteiger partial charge in [0, 0.05) is 6.20 Å². The Bertz CT molecular complexity index is 425. The van der Waals surface area contributed by atoms with Crippen LogP contribution in [0.4, 0.5) is 4.79 Å². The summed E-state index contributed by atoms with van der Waals surface area (Å²) in [6, 6.07) is -0.445. The summed E-state index contributed by atoms with van der Waals surface area (Å²) in [4.78, 5) is 11.6. The van der Waals surface area contributed by atoms with E-state index in [-0.39, 0.29) is 6.54 Å². The minimum absolute atomic E-state index is 0.262. The van der Waals surface area contributed by atoms with Crippen molar-refractivity contribution in [2.75, 3.05) is 0 Å². The minimum atomic E-state index is -0.770. The van der Waals surface area contributed by atoms with Gasteiger partial charge in [0.2, 0.25) is 0 Å². The quantitative estimate of drug-likeness (QED) is 0.847. The van der Waals surface area contributed by atoms with Gasteiger partial charge in [-0.2, -0.15) is 0 Å². The lowest BCUT2D eigenvalue weighted by Crippen LogP contribution is -2.45. The van der Waals surface area contributed by atoms with Crippen LogP contribution in [0.3, 0.4) is 0 Å². The number of hydrogen-bond donors (Lipinski definition) is 2. The number of carbonyl (C=O) groups excluding carboxylic acids is 1. The first-order valence-corrected chi connectivity index (χ1v) is 6.21. The van der Waals surface area contributed by atoms with Crippen molar-refractivity contribution in [3.8, 4) is 0 Å². The Hall–Kier alpha value is -1.63. The predicted octanol–water partition coefficient (Wildman–Crippen LogP) is 0.861. The maximum atomic E-state index is 11.6. The molecule has 108 valence electrons. The van der Waals surface area contributed by atoms with Gasteiger partial charge in [-0.25, -0.2) is 9.48 Å². The third kappa shape index (κ3) is 5.69. The Labute approximate surface area is 112 Å². The highest BCUT2D eigenvalue weighted by molar-refractivity contribution is 5.68. The van der Waals surface area contributed by atoms with Crippen molar-refractivity contribution in [1.29, 1.82) is 0 Å². The van der Waals surface area contributed by atoms with Crippen LogP contribution in [-0.4, -0.2) is 43.9 Å². The number of carbonyl (C=O) groups is 1. The third-order valence-electron chi connectivity index (χ3n) is 2.35. The molecule has 0 fully saturated rings. The molecule has 7 nitrogen and oxygen atoms in total. The van der Waals surface area contributed by atoms with Crippen LogP contribution in [0.2, 0.25) is 0 Å². The van der Waals surface area contributed by atoms with Gasteiger partial charge < -0.3 is 15.2 Å². The van der Waals surface area contributed by atoms with Crippen LogP contribution in [0.25, 0.3) is 0 Å². The Morgan fingerprint density at radius 1 is 1.58 bits per heavy atom. The van der Waals surface area contributed by atoms with E-state index in [2.05, 4.69) is 15.6 Å². The average molecular weight is 270 g/mol. The van der Waals surface area contributed by atoms with E-state index in [9.17, 15) is 9.90 Å². The molecule has 19 heavy (non-hydrogen) atoms. The van der Waals surface area contributed by atoms with E-state index in [4.69, 9.17) is 4.74 Å². The number of ether oxygens (including phenoxy) is 1. The van der Waals surface area contributed by atoms with Crippen LogP contribution >= 0.6 is 0 Å². The molecule has 0 saturated carbocycles. The normalized spacial score (nSPS) is 14.8. The highest BCUT2D eigenvalue weighted by Gasteiger charge is 2.21. The largest absolute Gasteiger partial charge is 0.444 e. The fourth-order valence-corrected chi connectivity index (χ4v) is 1.42. The summed E-state index contributed by atoms with van der Waals surface area (Å²) < 4.78 is 6.65.